The normalized spacial score (nSPS) is 11.6. The molecule has 0 radical (unpaired) electrons. The third-order valence-corrected chi connectivity index (χ3v) is 3.86. The first-order valence-electron chi connectivity index (χ1n) is 7.77. The van der Waals surface area contributed by atoms with Gasteiger partial charge in [0.1, 0.15) is 0 Å². The summed E-state index contributed by atoms with van der Waals surface area (Å²) >= 11 is 5.34. The molecule has 4 heteroatoms. The van der Waals surface area contributed by atoms with Crippen LogP contribution in [0.1, 0.15) is 36.2 Å². The van der Waals surface area contributed by atoms with Gasteiger partial charge in [-0.05, 0) is 68.7 Å². The van der Waals surface area contributed by atoms with Crippen molar-refractivity contribution in [3.05, 3.63) is 65.7 Å². The van der Waals surface area contributed by atoms with Crippen LogP contribution in [0.3, 0.4) is 0 Å². The Morgan fingerprint density at radius 3 is 2.35 bits per heavy atom. The van der Waals surface area contributed by atoms with Crippen molar-refractivity contribution in [1.29, 1.82) is 0 Å². The van der Waals surface area contributed by atoms with Gasteiger partial charge in [-0.3, -0.25) is 4.79 Å². The van der Waals surface area contributed by atoms with Gasteiger partial charge in [-0.25, -0.2) is 0 Å². The molecule has 0 heterocycles. The number of aryl methyl sites for hydroxylation is 1. The van der Waals surface area contributed by atoms with Crippen LogP contribution >= 0.6 is 12.2 Å². The minimum Gasteiger partial charge on any atom is -0.360 e. The lowest BCUT2D eigenvalue weighted by Crippen LogP contribution is -2.36. The van der Waals surface area contributed by atoms with Crippen LogP contribution in [-0.2, 0) is 6.42 Å². The molecule has 2 aromatic rings. The highest BCUT2D eigenvalue weighted by Gasteiger charge is 2.05. The van der Waals surface area contributed by atoms with Crippen LogP contribution in [0.5, 0.6) is 0 Å². The number of thiocarbonyl (C=S) groups is 1. The van der Waals surface area contributed by atoms with E-state index in [1.807, 2.05) is 18.2 Å². The number of hydrogen-bond acceptors (Lipinski definition) is 2. The van der Waals surface area contributed by atoms with Crippen molar-refractivity contribution in [3.8, 4) is 0 Å². The van der Waals surface area contributed by atoms with Crippen molar-refractivity contribution in [2.24, 2.45) is 0 Å². The summed E-state index contributed by atoms with van der Waals surface area (Å²) in [5, 5.41) is 7.03. The second-order valence-electron chi connectivity index (χ2n) is 5.66. The second kappa shape index (κ2) is 8.44. The summed E-state index contributed by atoms with van der Waals surface area (Å²) in [7, 11) is 0. The SMILES string of the molecule is CC(=O)c1ccc(NC(=S)N[C@H](C)CCc2ccccc2)cc1. The smallest absolute Gasteiger partial charge is 0.170 e. The van der Waals surface area contributed by atoms with E-state index in [0.717, 1.165) is 18.5 Å². The molecular formula is C19H22N2OS. The standard InChI is InChI=1S/C19H22N2OS/c1-14(8-9-16-6-4-3-5-7-16)20-19(23)21-18-12-10-17(11-13-18)15(2)22/h3-7,10-14H,8-9H2,1-2H3,(H2,20,21,23)/t14-/m1/s1. The maximum absolute atomic E-state index is 11.3. The van der Waals surface area contributed by atoms with Gasteiger partial charge >= 0.3 is 0 Å². The Labute approximate surface area is 143 Å². The first-order valence-corrected chi connectivity index (χ1v) is 8.18. The van der Waals surface area contributed by atoms with Crippen molar-refractivity contribution in [1.82, 2.24) is 5.32 Å². The molecule has 0 saturated carbocycles. The molecule has 3 nitrogen and oxygen atoms in total. The van der Waals surface area contributed by atoms with Gasteiger partial charge in [0.2, 0.25) is 0 Å². The molecule has 23 heavy (non-hydrogen) atoms. The Morgan fingerprint density at radius 2 is 1.74 bits per heavy atom. The highest BCUT2D eigenvalue weighted by Crippen LogP contribution is 2.10. The highest BCUT2D eigenvalue weighted by atomic mass is 32.1. The van der Waals surface area contributed by atoms with E-state index in [9.17, 15) is 4.79 Å². The Balaban J connectivity index is 1.78. The number of carbonyl (C=O) groups is 1. The lowest BCUT2D eigenvalue weighted by atomic mass is 10.1. The summed E-state index contributed by atoms with van der Waals surface area (Å²) in [5.41, 5.74) is 2.91. The fraction of sp³-hybridized carbons (Fsp3) is 0.263. The monoisotopic (exact) mass is 326 g/mol. The summed E-state index contributed by atoms with van der Waals surface area (Å²) in [6.45, 7) is 3.68. The van der Waals surface area contributed by atoms with E-state index < -0.39 is 0 Å². The number of hydrogen-bond donors (Lipinski definition) is 2. The first kappa shape index (κ1) is 17.2. The minimum absolute atomic E-state index is 0.0618. The highest BCUT2D eigenvalue weighted by molar-refractivity contribution is 7.80. The van der Waals surface area contributed by atoms with Crippen LogP contribution in [0, 0.1) is 0 Å². The predicted octanol–water partition coefficient (Wildman–Crippen LogP) is 4.20. The van der Waals surface area contributed by atoms with E-state index in [1.54, 1.807) is 19.1 Å². The fourth-order valence-electron chi connectivity index (χ4n) is 2.28. The van der Waals surface area contributed by atoms with Crippen molar-refractivity contribution in [2.45, 2.75) is 32.7 Å². The molecule has 0 bridgehead atoms. The van der Waals surface area contributed by atoms with Crippen LogP contribution in [0.25, 0.3) is 0 Å². The zero-order chi connectivity index (χ0) is 16.7. The molecular weight excluding hydrogens is 304 g/mol. The Hall–Kier alpha value is -2.20. The van der Waals surface area contributed by atoms with E-state index in [0.29, 0.717) is 10.7 Å². The topological polar surface area (TPSA) is 41.1 Å². The maximum atomic E-state index is 11.3. The molecule has 120 valence electrons. The van der Waals surface area contributed by atoms with Gasteiger partial charge in [0.05, 0.1) is 0 Å². The van der Waals surface area contributed by atoms with Gasteiger partial charge in [-0.1, -0.05) is 30.3 Å². The van der Waals surface area contributed by atoms with Crippen LogP contribution in [0.15, 0.2) is 54.6 Å². The second-order valence-corrected chi connectivity index (χ2v) is 6.07. The Bertz CT molecular complexity index is 653. The van der Waals surface area contributed by atoms with E-state index in [2.05, 4.69) is 41.8 Å². The van der Waals surface area contributed by atoms with Crippen molar-refractivity contribution < 1.29 is 4.79 Å². The van der Waals surface area contributed by atoms with Crippen molar-refractivity contribution in [2.75, 3.05) is 5.32 Å². The molecule has 0 amide bonds. The van der Waals surface area contributed by atoms with Gasteiger partial charge in [0.25, 0.3) is 0 Å². The zero-order valence-electron chi connectivity index (χ0n) is 13.5. The first-order chi connectivity index (χ1) is 11.0. The number of ketones is 1. The molecule has 2 N–H and O–H groups in total. The lowest BCUT2D eigenvalue weighted by Gasteiger charge is -2.17. The van der Waals surface area contributed by atoms with Crippen LogP contribution in [0.4, 0.5) is 5.69 Å². The number of Topliss-reactive ketones (excluding diaryl/α,β-unsaturated/α-hetero) is 1. The lowest BCUT2D eigenvalue weighted by molar-refractivity contribution is 0.101. The molecule has 0 aliphatic heterocycles. The maximum Gasteiger partial charge on any atom is 0.170 e. The Morgan fingerprint density at radius 1 is 1.09 bits per heavy atom. The molecule has 0 unspecified atom stereocenters. The van der Waals surface area contributed by atoms with Gasteiger partial charge in [-0.2, -0.15) is 0 Å². The number of nitrogens with one attached hydrogen (secondary N) is 2. The molecule has 2 rings (SSSR count). The summed E-state index contributed by atoms with van der Waals surface area (Å²) in [6.07, 6.45) is 2.03. The van der Waals surface area contributed by atoms with E-state index >= 15 is 0 Å². The van der Waals surface area contributed by atoms with Gasteiger partial charge < -0.3 is 10.6 Å². The molecule has 0 aliphatic carbocycles. The number of benzene rings is 2. The van der Waals surface area contributed by atoms with E-state index in [1.165, 1.54) is 5.56 Å². The average Bonchev–Trinajstić information content (AvgIpc) is 2.54. The average molecular weight is 326 g/mol. The number of rotatable bonds is 6. The van der Waals surface area contributed by atoms with Crippen LogP contribution in [0.2, 0.25) is 0 Å². The Kier molecular flexibility index (Phi) is 6.29. The quantitative estimate of drug-likeness (QED) is 0.617. The third kappa shape index (κ3) is 5.83. The fourth-order valence-corrected chi connectivity index (χ4v) is 2.60. The molecule has 0 fully saturated rings. The molecule has 0 aliphatic rings. The zero-order valence-corrected chi connectivity index (χ0v) is 14.3. The van der Waals surface area contributed by atoms with Crippen molar-refractivity contribution >= 4 is 28.8 Å². The summed E-state index contributed by atoms with van der Waals surface area (Å²) in [4.78, 5) is 11.3. The van der Waals surface area contributed by atoms with E-state index in [-0.39, 0.29) is 11.8 Å². The summed E-state index contributed by atoms with van der Waals surface area (Å²) in [6, 6.07) is 18.0. The molecule has 1 atom stereocenters. The van der Waals surface area contributed by atoms with Gasteiger partial charge in [0.15, 0.2) is 10.9 Å². The van der Waals surface area contributed by atoms with Crippen molar-refractivity contribution in [3.63, 3.8) is 0 Å². The summed E-state index contributed by atoms with van der Waals surface area (Å²) in [5.74, 6) is 0.0618. The molecule has 0 aromatic heterocycles. The van der Waals surface area contributed by atoms with Gasteiger partial charge in [-0.15, -0.1) is 0 Å². The number of anilines is 1. The largest absolute Gasteiger partial charge is 0.360 e. The third-order valence-electron chi connectivity index (χ3n) is 3.64. The van der Waals surface area contributed by atoms with Crippen LogP contribution < -0.4 is 10.6 Å². The molecule has 2 aromatic carbocycles. The molecule has 0 spiro atoms. The molecule has 0 saturated heterocycles. The van der Waals surface area contributed by atoms with Gasteiger partial charge in [0, 0.05) is 17.3 Å². The minimum atomic E-state index is 0.0618. The predicted molar refractivity (Wildman–Crippen MR) is 100 cm³/mol. The number of carbonyl (C=O) groups excluding carboxylic acids is 1. The van der Waals surface area contributed by atoms with E-state index in [4.69, 9.17) is 12.2 Å². The van der Waals surface area contributed by atoms with Crippen LogP contribution in [-0.4, -0.2) is 16.9 Å². The summed E-state index contributed by atoms with van der Waals surface area (Å²) < 4.78 is 0.